The normalized spacial score (nSPS) is 10.4. The quantitative estimate of drug-likeness (QED) is 0.794. The number of rotatable bonds is 3. The predicted octanol–water partition coefficient (Wildman–Crippen LogP) is 3.50. The fourth-order valence-corrected chi connectivity index (χ4v) is 2.34. The van der Waals surface area contributed by atoms with Crippen molar-refractivity contribution in [3.63, 3.8) is 0 Å². The Hall–Kier alpha value is -1.86. The van der Waals surface area contributed by atoms with E-state index < -0.39 is 0 Å². The van der Waals surface area contributed by atoms with Gasteiger partial charge in [-0.3, -0.25) is 4.98 Å². The molecule has 0 amide bonds. The second-order valence-electron chi connectivity index (χ2n) is 3.60. The summed E-state index contributed by atoms with van der Waals surface area (Å²) in [7, 11) is 0. The Bertz CT molecular complexity index is 668. The molecule has 3 heterocycles. The van der Waals surface area contributed by atoms with Gasteiger partial charge in [0.2, 0.25) is 5.95 Å². The predicted molar refractivity (Wildman–Crippen MR) is 78.4 cm³/mol. The molecule has 5 nitrogen and oxygen atoms in total. The topological polar surface area (TPSA) is 63.6 Å². The van der Waals surface area contributed by atoms with Crippen molar-refractivity contribution in [2.45, 2.75) is 0 Å². The van der Waals surface area contributed by atoms with E-state index in [2.05, 4.69) is 41.2 Å². The number of anilines is 2. The smallest absolute Gasteiger partial charge is 0.228 e. The van der Waals surface area contributed by atoms with Crippen molar-refractivity contribution in [1.29, 1.82) is 0 Å². The van der Waals surface area contributed by atoms with E-state index in [0.717, 1.165) is 21.0 Å². The van der Waals surface area contributed by atoms with Crippen molar-refractivity contribution < 1.29 is 0 Å². The van der Waals surface area contributed by atoms with Gasteiger partial charge in [-0.15, -0.1) is 11.3 Å². The lowest BCUT2D eigenvalue weighted by Gasteiger charge is -1.99. The van der Waals surface area contributed by atoms with E-state index in [0.29, 0.717) is 5.95 Å². The van der Waals surface area contributed by atoms with Gasteiger partial charge in [0, 0.05) is 24.0 Å². The molecule has 3 aromatic rings. The molecular weight excluding hydrogens is 326 g/mol. The lowest BCUT2D eigenvalue weighted by Crippen LogP contribution is -1.95. The number of halogens is 1. The molecule has 1 N–H and O–H groups in total. The highest BCUT2D eigenvalue weighted by atomic mass is 79.9. The minimum atomic E-state index is 0.519. The molecule has 0 aliphatic carbocycles. The maximum absolute atomic E-state index is 4.45. The van der Waals surface area contributed by atoms with E-state index in [1.54, 1.807) is 18.6 Å². The van der Waals surface area contributed by atoms with Gasteiger partial charge in [0.25, 0.3) is 0 Å². The Morgan fingerprint density at radius 2 is 1.89 bits per heavy atom. The number of nitrogens with zero attached hydrogens (tertiary/aromatic N) is 4. The lowest BCUT2D eigenvalue weighted by atomic mass is 10.3. The number of pyridine rings is 1. The Morgan fingerprint density at radius 1 is 1.05 bits per heavy atom. The number of aromatic nitrogens is 4. The van der Waals surface area contributed by atoms with Crippen LogP contribution in [0.1, 0.15) is 0 Å². The van der Waals surface area contributed by atoms with E-state index in [1.165, 1.54) is 11.3 Å². The van der Waals surface area contributed by atoms with Crippen LogP contribution in [0.4, 0.5) is 11.1 Å². The van der Waals surface area contributed by atoms with Crippen LogP contribution in [0.3, 0.4) is 0 Å². The monoisotopic (exact) mass is 333 g/mol. The Morgan fingerprint density at radius 3 is 2.63 bits per heavy atom. The summed E-state index contributed by atoms with van der Waals surface area (Å²) < 4.78 is 0.839. The zero-order chi connectivity index (χ0) is 13.1. The number of thiazole rings is 1. The van der Waals surface area contributed by atoms with E-state index in [9.17, 15) is 0 Å². The minimum Gasteiger partial charge on any atom is -0.300 e. The van der Waals surface area contributed by atoms with Crippen molar-refractivity contribution in [1.82, 2.24) is 19.9 Å². The van der Waals surface area contributed by atoms with E-state index in [-0.39, 0.29) is 0 Å². The number of nitrogens with one attached hydrogen (secondary N) is 1. The molecule has 0 bridgehead atoms. The van der Waals surface area contributed by atoms with Gasteiger partial charge in [-0.25, -0.2) is 15.0 Å². The molecule has 0 aromatic carbocycles. The summed E-state index contributed by atoms with van der Waals surface area (Å²) >= 11 is 4.78. The highest BCUT2D eigenvalue weighted by Gasteiger charge is 2.06. The zero-order valence-corrected chi connectivity index (χ0v) is 12.0. The maximum Gasteiger partial charge on any atom is 0.228 e. The molecule has 7 heteroatoms. The molecule has 0 aliphatic heterocycles. The van der Waals surface area contributed by atoms with Gasteiger partial charge < -0.3 is 5.32 Å². The summed E-state index contributed by atoms with van der Waals surface area (Å²) in [6.45, 7) is 0. The fraction of sp³-hybridized carbons (Fsp3) is 0. The third-order valence-electron chi connectivity index (χ3n) is 2.27. The van der Waals surface area contributed by atoms with Crippen LogP contribution in [0.15, 0.2) is 46.6 Å². The first kappa shape index (κ1) is 12.2. The molecule has 3 aromatic heterocycles. The highest BCUT2D eigenvalue weighted by molar-refractivity contribution is 9.10. The molecule has 0 spiro atoms. The highest BCUT2D eigenvalue weighted by Crippen LogP contribution is 2.24. The fourth-order valence-electron chi connectivity index (χ4n) is 1.44. The van der Waals surface area contributed by atoms with Gasteiger partial charge in [0.15, 0.2) is 5.13 Å². The second-order valence-corrected chi connectivity index (χ2v) is 5.38. The summed E-state index contributed by atoms with van der Waals surface area (Å²) in [6.07, 6.45) is 5.12. The molecule has 0 saturated carbocycles. The second kappa shape index (κ2) is 5.41. The number of hydrogen-bond donors (Lipinski definition) is 1. The Labute approximate surface area is 121 Å². The molecule has 94 valence electrons. The van der Waals surface area contributed by atoms with Crippen molar-refractivity contribution in [3.8, 4) is 11.4 Å². The lowest BCUT2D eigenvalue weighted by molar-refractivity contribution is 1.14. The molecule has 0 saturated heterocycles. The van der Waals surface area contributed by atoms with Crippen molar-refractivity contribution in [3.05, 3.63) is 46.6 Å². The molecule has 3 rings (SSSR count). The van der Waals surface area contributed by atoms with Crippen LogP contribution in [0.5, 0.6) is 0 Å². The third kappa shape index (κ3) is 2.94. The van der Waals surface area contributed by atoms with Crippen LogP contribution in [0.25, 0.3) is 11.4 Å². The SMILES string of the molecule is Brc1cnc(Nc2nc(-c3ccccn3)cs2)nc1. The molecule has 0 aliphatic rings. The first-order valence-corrected chi connectivity index (χ1v) is 7.10. The summed E-state index contributed by atoms with van der Waals surface area (Å²) in [6, 6.07) is 5.74. The van der Waals surface area contributed by atoms with Crippen LogP contribution < -0.4 is 5.32 Å². The average Bonchev–Trinajstić information content (AvgIpc) is 2.91. The van der Waals surface area contributed by atoms with Crippen molar-refractivity contribution in [2.75, 3.05) is 5.32 Å². The van der Waals surface area contributed by atoms with Crippen LogP contribution >= 0.6 is 27.3 Å². The molecule has 0 fully saturated rings. The van der Waals surface area contributed by atoms with Gasteiger partial charge in [0.1, 0.15) is 5.69 Å². The van der Waals surface area contributed by atoms with Gasteiger partial charge in [-0.1, -0.05) is 6.07 Å². The van der Waals surface area contributed by atoms with E-state index in [4.69, 9.17) is 0 Å². The first-order valence-electron chi connectivity index (χ1n) is 5.43. The summed E-state index contributed by atoms with van der Waals surface area (Å²) in [4.78, 5) is 17.0. The zero-order valence-electron chi connectivity index (χ0n) is 9.62. The Kier molecular flexibility index (Phi) is 3.47. The van der Waals surface area contributed by atoms with Gasteiger partial charge in [-0.2, -0.15) is 0 Å². The van der Waals surface area contributed by atoms with Gasteiger partial charge in [0.05, 0.1) is 10.2 Å². The van der Waals surface area contributed by atoms with Gasteiger partial charge in [-0.05, 0) is 28.1 Å². The standard InChI is InChI=1S/C12H8BrN5S/c13-8-5-15-11(16-6-8)18-12-17-10(7-19-12)9-3-1-2-4-14-9/h1-7H,(H,15,16,17,18). The molecular formula is C12H8BrN5S. The summed E-state index contributed by atoms with van der Waals surface area (Å²) in [5.74, 6) is 0.519. The minimum absolute atomic E-state index is 0.519. The van der Waals surface area contributed by atoms with Gasteiger partial charge >= 0.3 is 0 Å². The van der Waals surface area contributed by atoms with Crippen molar-refractivity contribution in [2.24, 2.45) is 0 Å². The van der Waals surface area contributed by atoms with Crippen molar-refractivity contribution >= 4 is 38.3 Å². The van der Waals surface area contributed by atoms with Crippen LogP contribution in [-0.4, -0.2) is 19.9 Å². The summed E-state index contributed by atoms with van der Waals surface area (Å²) in [5, 5.41) is 5.74. The maximum atomic E-state index is 4.45. The van der Waals surface area contributed by atoms with Crippen LogP contribution in [0.2, 0.25) is 0 Å². The number of hydrogen-bond acceptors (Lipinski definition) is 6. The first-order chi connectivity index (χ1) is 9.31. The van der Waals surface area contributed by atoms with Crippen LogP contribution in [-0.2, 0) is 0 Å². The third-order valence-corrected chi connectivity index (χ3v) is 3.44. The van der Waals surface area contributed by atoms with E-state index in [1.807, 2.05) is 23.6 Å². The summed E-state index contributed by atoms with van der Waals surface area (Å²) in [5.41, 5.74) is 1.69. The van der Waals surface area contributed by atoms with Crippen LogP contribution in [0, 0.1) is 0 Å². The average molecular weight is 334 g/mol. The molecule has 0 unspecified atom stereocenters. The molecule has 0 atom stereocenters. The molecule has 0 radical (unpaired) electrons. The van der Waals surface area contributed by atoms with E-state index >= 15 is 0 Å². The largest absolute Gasteiger partial charge is 0.300 e. The molecule has 19 heavy (non-hydrogen) atoms. The Balaban J connectivity index is 1.80.